The molecule has 2 saturated carbocycles. The SMILES string of the molecule is CCCC1CCC(C2CCC(c3ccc(OC=C(F)F)c(F)c3)CC2)CC1. The van der Waals surface area contributed by atoms with E-state index in [9.17, 15) is 13.2 Å². The Morgan fingerprint density at radius 2 is 1.63 bits per heavy atom. The summed E-state index contributed by atoms with van der Waals surface area (Å²) in [5, 5.41) is 0. The maximum absolute atomic E-state index is 14.1. The van der Waals surface area contributed by atoms with Crippen molar-refractivity contribution in [1.29, 1.82) is 0 Å². The van der Waals surface area contributed by atoms with Crippen molar-refractivity contribution in [2.75, 3.05) is 0 Å². The average molecular weight is 380 g/mol. The van der Waals surface area contributed by atoms with E-state index >= 15 is 0 Å². The quantitative estimate of drug-likeness (QED) is 0.457. The first-order chi connectivity index (χ1) is 13.1. The minimum atomic E-state index is -1.97. The second-order valence-corrected chi connectivity index (χ2v) is 8.40. The highest BCUT2D eigenvalue weighted by Gasteiger charge is 2.31. The van der Waals surface area contributed by atoms with Crippen LogP contribution in [-0.4, -0.2) is 0 Å². The molecule has 0 atom stereocenters. The molecule has 0 radical (unpaired) electrons. The summed E-state index contributed by atoms with van der Waals surface area (Å²) in [6, 6.07) is 4.74. The molecule has 0 saturated heterocycles. The van der Waals surface area contributed by atoms with E-state index in [1.165, 1.54) is 63.5 Å². The summed E-state index contributed by atoms with van der Waals surface area (Å²) in [6.45, 7) is 2.28. The Kier molecular flexibility index (Phi) is 7.26. The van der Waals surface area contributed by atoms with Crippen LogP contribution in [0.25, 0.3) is 0 Å². The van der Waals surface area contributed by atoms with Crippen molar-refractivity contribution in [3.8, 4) is 5.75 Å². The molecule has 0 amide bonds. The van der Waals surface area contributed by atoms with Gasteiger partial charge in [-0.15, -0.1) is 0 Å². The molecule has 1 aromatic rings. The van der Waals surface area contributed by atoms with Crippen LogP contribution in [0.4, 0.5) is 13.2 Å². The van der Waals surface area contributed by atoms with Crippen molar-refractivity contribution in [1.82, 2.24) is 0 Å². The maximum Gasteiger partial charge on any atom is 0.305 e. The molecular formula is C23H31F3O. The van der Waals surface area contributed by atoms with E-state index in [0.29, 0.717) is 5.92 Å². The fourth-order valence-electron chi connectivity index (χ4n) is 5.26. The zero-order valence-electron chi connectivity index (χ0n) is 16.2. The Balaban J connectivity index is 1.50. The number of hydrogen-bond acceptors (Lipinski definition) is 1. The number of hydrogen-bond donors (Lipinski definition) is 0. The molecule has 1 nitrogen and oxygen atoms in total. The van der Waals surface area contributed by atoms with Gasteiger partial charge < -0.3 is 4.74 Å². The summed E-state index contributed by atoms with van der Waals surface area (Å²) in [5.41, 5.74) is 0.967. The third kappa shape index (κ3) is 5.52. The van der Waals surface area contributed by atoms with Gasteiger partial charge in [-0.25, -0.2) is 4.39 Å². The topological polar surface area (TPSA) is 9.23 Å². The normalized spacial score (nSPS) is 28.6. The van der Waals surface area contributed by atoms with Crippen molar-refractivity contribution in [3.63, 3.8) is 0 Å². The number of ether oxygens (including phenoxy) is 1. The first-order valence-corrected chi connectivity index (χ1v) is 10.5. The summed E-state index contributed by atoms with van der Waals surface area (Å²) >= 11 is 0. The van der Waals surface area contributed by atoms with Gasteiger partial charge in [-0.2, -0.15) is 8.78 Å². The van der Waals surface area contributed by atoms with Gasteiger partial charge in [0.25, 0.3) is 0 Å². The molecular weight excluding hydrogens is 349 g/mol. The molecule has 27 heavy (non-hydrogen) atoms. The Morgan fingerprint density at radius 1 is 1.00 bits per heavy atom. The second kappa shape index (κ2) is 9.66. The number of halogens is 3. The number of rotatable bonds is 6. The molecule has 1 aromatic carbocycles. The maximum atomic E-state index is 14.1. The van der Waals surface area contributed by atoms with Crippen molar-refractivity contribution >= 4 is 0 Å². The predicted octanol–water partition coefficient (Wildman–Crippen LogP) is 7.82. The van der Waals surface area contributed by atoms with E-state index in [1.807, 2.05) is 6.07 Å². The molecule has 0 unspecified atom stereocenters. The zero-order valence-corrected chi connectivity index (χ0v) is 16.2. The van der Waals surface area contributed by atoms with Gasteiger partial charge in [0.05, 0.1) is 0 Å². The predicted molar refractivity (Wildman–Crippen MR) is 102 cm³/mol. The van der Waals surface area contributed by atoms with E-state index in [0.717, 1.165) is 36.2 Å². The van der Waals surface area contributed by atoms with Gasteiger partial charge in [0.1, 0.15) is 0 Å². The van der Waals surface area contributed by atoms with Crippen LogP contribution >= 0.6 is 0 Å². The number of benzene rings is 1. The molecule has 0 bridgehead atoms. The first kappa shape index (κ1) is 20.3. The van der Waals surface area contributed by atoms with Gasteiger partial charge in [0, 0.05) is 0 Å². The Labute approximate surface area is 161 Å². The largest absolute Gasteiger partial charge is 0.456 e. The van der Waals surface area contributed by atoms with Gasteiger partial charge in [0.15, 0.2) is 17.8 Å². The summed E-state index contributed by atoms with van der Waals surface area (Å²) in [6.07, 6.45) is 11.2. The van der Waals surface area contributed by atoms with Crippen LogP contribution < -0.4 is 4.74 Å². The third-order valence-electron chi connectivity index (χ3n) is 6.73. The van der Waals surface area contributed by atoms with Crippen LogP contribution in [0.1, 0.15) is 82.6 Å². The Bertz CT molecular complexity index is 623. The van der Waals surface area contributed by atoms with E-state index in [2.05, 4.69) is 11.7 Å². The van der Waals surface area contributed by atoms with Crippen molar-refractivity contribution < 1.29 is 17.9 Å². The molecule has 0 heterocycles. The average Bonchev–Trinajstić information content (AvgIpc) is 2.68. The van der Waals surface area contributed by atoms with E-state index < -0.39 is 11.9 Å². The highest BCUT2D eigenvalue weighted by atomic mass is 19.3. The lowest BCUT2D eigenvalue weighted by atomic mass is 9.68. The molecule has 4 heteroatoms. The lowest BCUT2D eigenvalue weighted by Crippen LogP contribution is -2.25. The molecule has 2 aliphatic rings. The van der Waals surface area contributed by atoms with Gasteiger partial charge >= 0.3 is 6.08 Å². The molecule has 150 valence electrons. The fraction of sp³-hybridized carbons (Fsp3) is 0.652. The Morgan fingerprint density at radius 3 is 2.19 bits per heavy atom. The van der Waals surface area contributed by atoms with Crippen molar-refractivity contribution in [2.45, 2.75) is 77.0 Å². The molecule has 0 aromatic heterocycles. The van der Waals surface area contributed by atoms with E-state index in [1.54, 1.807) is 0 Å². The lowest BCUT2D eigenvalue weighted by Gasteiger charge is -2.38. The smallest absolute Gasteiger partial charge is 0.305 e. The van der Waals surface area contributed by atoms with Gasteiger partial charge in [-0.1, -0.05) is 38.7 Å². The first-order valence-electron chi connectivity index (χ1n) is 10.5. The van der Waals surface area contributed by atoms with Crippen molar-refractivity contribution in [2.24, 2.45) is 17.8 Å². The van der Waals surface area contributed by atoms with Crippen LogP contribution in [0.5, 0.6) is 5.75 Å². The minimum Gasteiger partial charge on any atom is -0.456 e. The van der Waals surface area contributed by atoms with Crippen LogP contribution in [0, 0.1) is 23.6 Å². The van der Waals surface area contributed by atoms with Gasteiger partial charge in [-0.05, 0) is 79.9 Å². The minimum absolute atomic E-state index is 0.149. The van der Waals surface area contributed by atoms with Crippen LogP contribution in [0.3, 0.4) is 0 Å². The fourth-order valence-corrected chi connectivity index (χ4v) is 5.26. The summed E-state index contributed by atoms with van der Waals surface area (Å²) in [5.74, 6) is 2.31. The summed E-state index contributed by atoms with van der Waals surface area (Å²) in [4.78, 5) is 0. The monoisotopic (exact) mass is 380 g/mol. The molecule has 0 N–H and O–H groups in total. The Hall–Kier alpha value is -1.45. The zero-order chi connectivity index (χ0) is 19.2. The van der Waals surface area contributed by atoms with Gasteiger partial charge in [-0.3, -0.25) is 0 Å². The van der Waals surface area contributed by atoms with Crippen molar-refractivity contribution in [3.05, 3.63) is 41.9 Å². The van der Waals surface area contributed by atoms with E-state index in [-0.39, 0.29) is 12.0 Å². The molecule has 0 aliphatic heterocycles. The highest BCUT2D eigenvalue weighted by Crippen LogP contribution is 2.44. The summed E-state index contributed by atoms with van der Waals surface area (Å²) < 4.78 is 43.0. The highest BCUT2D eigenvalue weighted by molar-refractivity contribution is 5.32. The molecule has 2 aliphatic carbocycles. The summed E-state index contributed by atoms with van der Waals surface area (Å²) in [7, 11) is 0. The van der Waals surface area contributed by atoms with Crippen LogP contribution in [0.2, 0.25) is 0 Å². The second-order valence-electron chi connectivity index (χ2n) is 8.40. The van der Waals surface area contributed by atoms with E-state index in [4.69, 9.17) is 0 Å². The lowest BCUT2D eigenvalue weighted by molar-refractivity contribution is 0.156. The van der Waals surface area contributed by atoms with Gasteiger partial charge in [0.2, 0.25) is 0 Å². The van der Waals surface area contributed by atoms with Crippen LogP contribution in [-0.2, 0) is 0 Å². The third-order valence-corrected chi connectivity index (χ3v) is 6.73. The molecule has 3 rings (SSSR count). The standard InChI is InChI=1S/C23H31F3O/c1-2-3-16-4-6-17(7-5-16)18-8-10-19(11-9-18)20-12-13-22(21(24)14-20)27-15-23(25)26/h12-19H,2-11H2,1H3. The molecule has 0 spiro atoms. The molecule has 2 fully saturated rings. The van der Waals surface area contributed by atoms with Crippen LogP contribution in [0.15, 0.2) is 30.5 Å².